The van der Waals surface area contributed by atoms with Gasteiger partial charge in [0.15, 0.2) is 0 Å². The molecule has 0 radical (unpaired) electrons. The molecule has 1 N–H and O–H groups in total. The smallest absolute Gasteiger partial charge is 0.322 e. The first-order chi connectivity index (χ1) is 12.4. The summed E-state index contributed by atoms with van der Waals surface area (Å²) >= 11 is 0. The van der Waals surface area contributed by atoms with E-state index in [1.54, 1.807) is 0 Å². The zero-order valence-electron chi connectivity index (χ0n) is 15.5. The van der Waals surface area contributed by atoms with Crippen molar-refractivity contribution < 1.29 is 9.21 Å². The summed E-state index contributed by atoms with van der Waals surface area (Å²) in [4.78, 5) is 12.2. The molecular formula is C21H23N3O2. The number of carbonyl (C=O) groups excluding carboxylic acids is 1. The molecule has 5 nitrogen and oxygen atoms in total. The Bertz CT molecular complexity index is 911. The van der Waals surface area contributed by atoms with Crippen LogP contribution in [0.5, 0.6) is 0 Å². The molecule has 0 fully saturated rings. The lowest BCUT2D eigenvalue weighted by Gasteiger charge is -2.06. The predicted molar refractivity (Wildman–Crippen MR) is 102 cm³/mol. The summed E-state index contributed by atoms with van der Waals surface area (Å²) in [6.45, 7) is 8.28. The summed E-state index contributed by atoms with van der Waals surface area (Å²) in [5.74, 6) is 0.695. The quantitative estimate of drug-likeness (QED) is 0.727. The van der Waals surface area contributed by atoms with E-state index >= 15 is 0 Å². The monoisotopic (exact) mass is 349 g/mol. The lowest BCUT2D eigenvalue weighted by Crippen LogP contribution is -2.14. The minimum absolute atomic E-state index is 0.115. The molecule has 0 atom stereocenters. The van der Waals surface area contributed by atoms with Crippen LogP contribution in [0.3, 0.4) is 0 Å². The molecule has 0 saturated carbocycles. The minimum atomic E-state index is -0.182. The molecule has 0 spiro atoms. The zero-order chi connectivity index (χ0) is 18.7. The maximum absolute atomic E-state index is 12.2. The number of aromatic nitrogens is 2. The summed E-state index contributed by atoms with van der Waals surface area (Å²) in [6, 6.07) is 14.2. The number of anilines is 1. The molecule has 2 aromatic carbocycles. The fourth-order valence-corrected chi connectivity index (χ4v) is 2.72. The van der Waals surface area contributed by atoms with E-state index in [9.17, 15) is 4.79 Å². The van der Waals surface area contributed by atoms with Crippen molar-refractivity contribution in [2.24, 2.45) is 0 Å². The SMILES string of the molecule is Cc1ccc(C)c(-c2nnc(NC(=O)Cc3ccc(C(C)C)cc3)o2)c1. The molecule has 0 aliphatic heterocycles. The highest BCUT2D eigenvalue weighted by Gasteiger charge is 2.13. The van der Waals surface area contributed by atoms with E-state index in [1.807, 2.05) is 44.2 Å². The first-order valence-corrected chi connectivity index (χ1v) is 8.72. The van der Waals surface area contributed by atoms with Crippen LogP contribution in [0.15, 0.2) is 46.9 Å². The highest BCUT2D eigenvalue weighted by atomic mass is 16.4. The van der Waals surface area contributed by atoms with Crippen LogP contribution in [-0.2, 0) is 11.2 Å². The second-order valence-electron chi connectivity index (χ2n) is 6.85. The van der Waals surface area contributed by atoms with Gasteiger partial charge in [-0.2, -0.15) is 0 Å². The Hall–Kier alpha value is -2.95. The van der Waals surface area contributed by atoms with Crippen LogP contribution in [0, 0.1) is 13.8 Å². The van der Waals surface area contributed by atoms with Gasteiger partial charge in [0, 0.05) is 5.56 Å². The van der Waals surface area contributed by atoms with E-state index < -0.39 is 0 Å². The second-order valence-corrected chi connectivity index (χ2v) is 6.85. The van der Waals surface area contributed by atoms with Gasteiger partial charge in [0.1, 0.15) is 0 Å². The molecule has 0 aliphatic carbocycles. The molecule has 1 heterocycles. The van der Waals surface area contributed by atoms with Crippen molar-refractivity contribution in [3.05, 3.63) is 64.7 Å². The van der Waals surface area contributed by atoms with E-state index in [1.165, 1.54) is 5.56 Å². The van der Waals surface area contributed by atoms with Gasteiger partial charge in [-0.1, -0.05) is 60.9 Å². The van der Waals surface area contributed by atoms with E-state index in [0.29, 0.717) is 11.8 Å². The highest BCUT2D eigenvalue weighted by Crippen LogP contribution is 2.24. The van der Waals surface area contributed by atoms with Gasteiger partial charge >= 0.3 is 6.01 Å². The molecule has 5 heteroatoms. The summed E-state index contributed by atoms with van der Waals surface area (Å²) in [5.41, 5.74) is 5.23. The zero-order valence-corrected chi connectivity index (χ0v) is 15.5. The lowest BCUT2D eigenvalue weighted by atomic mass is 10.0. The van der Waals surface area contributed by atoms with Crippen molar-refractivity contribution in [2.75, 3.05) is 5.32 Å². The third-order valence-corrected chi connectivity index (χ3v) is 4.31. The Morgan fingerprint density at radius 1 is 1.08 bits per heavy atom. The van der Waals surface area contributed by atoms with E-state index in [2.05, 4.69) is 41.5 Å². The van der Waals surface area contributed by atoms with Crippen LogP contribution in [-0.4, -0.2) is 16.1 Å². The number of carbonyl (C=O) groups is 1. The first-order valence-electron chi connectivity index (χ1n) is 8.72. The predicted octanol–water partition coefficient (Wildman–Crippen LogP) is 4.66. The number of amides is 1. The van der Waals surface area contributed by atoms with Crippen molar-refractivity contribution in [1.29, 1.82) is 0 Å². The van der Waals surface area contributed by atoms with Crippen molar-refractivity contribution in [1.82, 2.24) is 10.2 Å². The van der Waals surface area contributed by atoms with Gasteiger partial charge in [-0.3, -0.25) is 10.1 Å². The van der Waals surface area contributed by atoms with Crippen LogP contribution in [0.1, 0.15) is 42.0 Å². The van der Waals surface area contributed by atoms with Crippen LogP contribution in [0.4, 0.5) is 6.01 Å². The average Bonchev–Trinajstić information content (AvgIpc) is 3.05. The first kappa shape index (κ1) is 17.9. The second kappa shape index (κ2) is 7.52. The molecule has 26 heavy (non-hydrogen) atoms. The molecule has 3 aromatic rings. The van der Waals surface area contributed by atoms with Crippen molar-refractivity contribution in [2.45, 2.75) is 40.0 Å². The Morgan fingerprint density at radius 3 is 2.50 bits per heavy atom. The van der Waals surface area contributed by atoms with Gasteiger partial charge in [-0.05, 0) is 42.5 Å². The molecule has 134 valence electrons. The van der Waals surface area contributed by atoms with Crippen LogP contribution >= 0.6 is 0 Å². The molecule has 1 amide bonds. The standard InChI is InChI=1S/C21H23N3O2/c1-13(2)17-9-7-16(8-10-17)12-19(25)22-21-24-23-20(26-21)18-11-14(3)5-6-15(18)4/h5-11,13H,12H2,1-4H3,(H,22,24,25). The number of aryl methyl sites for hydroxylation is 2. The van der Waals surface area contributed by atoms with Gasteiger partial charge in [0.25, 0.3) is 0 Å². The fourth-order valence-electron chi connectivity index (χ4n) is 2.72. The van der Waals surface area contributed by atoms with Gasteiger partial charge < -0.3 is 4.42 Å². The average molecular weight is 349 g/mol. The third kappa shape index (κ3) is 4.17. The molecule has 0 aliphatic rings. The molecule has 1 aromatic heterocycles. The molecule has 3 rings (SSSR count). The number of hydrogen-bond donors (Lipinski definition) is 1. The van der Waals surface area contributed by atoms with Crippen molar-refractivity contribution >= 4 is 11.9 Å². The molecule has 0 unspecified atom stereocenters. The van der Waals surface area contributed by atoms with Crippen LogP contribution in [0.2, 0.25) is 0 Å². The number of hydrogen-bond acceptors (Lipinski definition) is 4. The van der Waals surface area contributed by atoms with Crippen molar-refractivity contribution in [3.63, 3.8) is 0 Å². The minimum Gasteiger partial charge on any atom is -0.403 e. The van der Waals surface area contributed by atoms with Gasteiger partial charge in [0.2, 0.25) is 11.8 Å². The summed E-state index contributed by atoms with van der Waals surface area (Å²) in [6.07, 6.45) is 0.263. The molecular weight excluding hydrogens is 326 g/mol. The maximum atomic E-state index is 12.2. The summed E-state index contributed by atoms with van der Waals surface area (Å²) in [5, 5.41) is 10.7. The topological polar surface area (TPSA) is 68.0 Å². The van der Waals surface area contributed by atoms with Crippen LogP contribution < -0.4 is 5.32 Å². The Labute approximate surface area is 153 Å². The normalized spacial score (nSPS) is 11.0. The summed E-state index contributed by atoms with van der Waals surface area (Å²) in [7, 11) is 0. The molecule has 0 bridgehead atoms. The largest absolute Gasteiger partial charge is 0.403 e. The number of nitrogens with one attached hydrogen (secondary N) is 1. The van der Waals surface area contributed by atoms with Gasteiger partial charge in [-0.15, -0.1) is 5.10 Å². The maximum Gasteiger partial charge on any atom is 0.322 e. The highest BCUT2D eigenvalue weighted by molar-refractivity contribution is 5.90. The third-order valence-electron chi connectivity index (χ3n) is 4.31. The number of rotatable bonds is 5. The van der Waals surface area contributed by atoms with Crippen LogP contribution in [0.25, 0.3) is 11.5 Å². The number of benzene rings is 2. The Morgan fingerprint density at radius 2 is 1.81 bits per heavy atom. The molecule has 0 saturated heterocycles. The fraction of sp³-hybridized carbons (Fsp3) is 0.286. The van der Waals surface area contributed by atoms with Gasteiger partial charge in [-0.25, -0.2) is 0 Å². The van der Waals surface area contributed by atoms with E-state index in [-0.39, 0.29) is 18.3 Å². The van der Waals surface area contributed by atoms with E-state index in [4.69, 9.17) is 4.42 Å². The van der Waals surface area contributed by atoms with Crippen molar-refractivity contribution in [3.8, 4) is 11.5 Å². The Balaban J connectivity index is 1.67. The summed E-state index contributed by atoms with van der Waals surface area (Å²) < 4.78 is 5.61. The van der Waals surface area contributed by atoms with Gasteiger partial charge in [0.05, 0.1) is 6.42 Å². The number of nitrogens with zero attached hydrogens (tertiary/aromatic N) is 2. The Kier molecular flexibility index (Phi) is 5.16. The van der Waals surface area contributed by atoms with E-state index in [0.717, 1.165) is 22.3 Å². The lowest BCUT2D eigenvalue weighted by molar-refractivity contribution is -0.115.